The lowest BCUT2D eigenvalue weighted by molar-refractivity contribution is -0.384. The van der Waals surface area contributed by atoms with Gasteiger partial charge in [0.25, 0.3) is 5.69 Å². The molecule has 100 valence electrons. The lowest BCUT2D eigenvalue weighted by Crippen LogP contribution is -2.29. The van der Waals surface area contributed by atoms with Gasteiger partial charge in [-0.25, -0.2) is 0 Å². The number of aliphatic hydroxyl groups is 1. The minimum atomic E-state index is -0.407. The maximum absolute atomic E-state index is 10.7. The highest BCUT2D eigenvalue weighted by Crippen LogP contribution is 2.25. The first kappa shape index (κ1) is 14.4. The van der Waals surface area contributed by atoms with Crippen LogP contribution in [0.3, 0.4) is 0 Å². The van der Waals surface area contributed by atoms with E-state index in [2.05, 4.69) is 5.32 Å². The van der Waals surface area contributed by atoms with Crippen molar-refractivity contribution in [3.63, 3.8) is 0 Å². The fourth-order valence-electron chi connectivity index (χ4n) is 1.52. The van der Waals surface area contributed by atoms with Crippen LogP contribution in [-0.2, 0) is 0 Å². The van der Waals surface area contributed by atoms with Gasteiger partial charge < -0.3 is 10.4 Å². The van der Waals surface area contributed by atoms with Crippen LogP contribution in [0.15, 0.2) is 18.2 Å². The number of nitro groups is 1. The molecule has 2 N–H and O–H groups in total. The number of nitrogens with zero attached hydrogens (tertiary/aromatic N) is 1. The highest BCUT2D eigenvalue weighted by Gasteiger charge is 2.21. The average molecular weight is 252 g/mol. The van der Waals surface area contributed by atoms with Gasteiger partial charge in [-0.2, -0.15) is 0 Å². The molecule has 0 saturated heterocycles. The van der Waals surface area contributed by atoms with E-state index < -0.39 is 4.92 Å². The molecule has 1 rings (SSSR count). The average Bonchev–Trinajstić information content (AvgIpc) is 2.37. The normalized spacial score (nSPS) is 14.0. The second-order valence-electron chi connectivity index (χ2n) is 4.93. The summed E-state index contributed by atoms with van der Waals surface area (Å²) in [5, 5.41) is 23.2. The molecule has 5 nitrogen and oxygen atoms in total. The summed E-state index contributed by atoms with van der Waals surface area (Å²) >= 11 is 0. The summed E-state index contributed by atoms with van der Waals surface area (Å²) in [6, 6.07) is 4.75. The van der Waals surface area contributed by atoms with Crippen molar-refractivity contribution in [2.75, 3.05) is 18.5 Å². The van der Waals surface area contributed by atoms with Gasteiger partial charge in [-0.15, -0.1) is 0 Å². The Labute approximate surface area is 107 Å². The molecule has 0 spiro atoms. The number of aliphatic hydroxyl groups excluding tert-OH is 1. The highest BCUT2D eigenvalue weighted by atomic mass is 16.6. The van der Waals surface area contributed by atoms with Crippen molar-refractivity contribution in [2.45, 2.75) is 27.2 Å². The fourth-order valence-corrected chi connectivity index (χ4v) is 1.52. The van der Waals surface area contributed by atoms with Crippen LogP contribution in [0.25, 0.3) is 0 Å². The third-order valence-corrected chi connectivity index (χ3v) is 3.37. The van der Waals surface area contributed by atoms with Crippen LogP contribution in [0.4, 0.5) is 11.4 Å². The van der Waals surface area contributed by atoms with Gasteiger partial charge in [-0.3, -0.25) is 10.1 Å². The Bertz CT molecular complexity index is 428. The molecule has 0 bridgehead atoms. The Balaban J connectivity index is 2.84. The molecule has 0 amide bonds. The van der Waals surface area contributed by atoms with E-state index in [1.165, 1.54) is 12.1 Å². The van der Waals surface area contributed by atoms with E-state index in [1.54, 1.807) is 6.07 Å². The van der Waals surface area contributed by atoms with Gasteiger partial charge in [0.05, 0.1) is 11.5 Å². The predicted octanol–water partition coefficient (Wildman–Crippen LogP) is 2.72. The van der Waals surface area contributed by atoms with Crippen LogP contribution >= 0.6 is 0 Å². The number of rotatable bonds is 6. The molecule has 0 fully saturated rings. The summed E-state index contributed by atoms with van der Waals surface area (Å²) < 4.78 is 0. The standard InChI is InChI=1S/C13H20N2O3/c1-4-13(3,9-16)8-14-12-7-11(15(17)18)6-5-10(12)2/h5-7,14,16H,4,8-9H2,1-3H3. The second-order valence-corrected chi connectivity index (χ2v) is 4.93. The first-order chi connectivity index (χ1) is 8.41. The molecule has 0 radical (unpaired) electrons. The van der Waals surface area contributed by atoms with E-state index in [1.807, 2.05) is 20.8 Å². The van der Waals surface area contributed by atoms with Gasteiger partial charge in [0.1, 0.15) is 0 Å². The number of aryl methyl sites for hydroxylation is 1. The van der Waals surface area contributed by atoms with Crippen molar-refractivity contribution in [3.8, 4) is 0 Å². The van der Waals surface area contributed by atoms with Gasteiger partial charge in [0.15, 0.2) is 0 Å². The van der Waals surface area contributed by atoms with Gasteiger partial charge in [-0.1, -0.05) is 19.9 Å². The largest absolute Gasteiger partial charge is 0.396 e. The van der Waals surface area contributed by atoms with E-state index >= 15 is 0 Å². The molecule has 1 aromatic rings. The van der Waals surface area contributed by atoms with Crippen LogP contribution in [-0.4, -0.2) is 23.2 Å². The number of nitro benzene ring substituents is 1. The summed E-state index contributed by atoms with van der Waals surface area (Å²) in [6.07, 6.45) is 0.838. The van der Waals surface area contributed by atoms with Gasteiger partial charge in [0, 0.05) is 29.8 Å². The Morgan fingerprint density at radius 1 is 1.50 bits per heavy atom. The van der Waals surface area contributed by atoms with E-state index in [4.69, 9.17) is 0 Å². The number of hydrogen-bond acceptors (Lipinski definition) is 4. The maximum atomic E-state index is 10.7. The molecule has 5 heteroatoms. The Morgan fingerprint density at radius 2 is 2.17 bits per heavy atom. The van der Waals surface area contributed by atoms with Crippen LogP contribution in [0.2, 0.25) is 0 Å². The van der Waals surface area contributed by atoms with Crippen molar-refractivity contribution in [2.24, 2.45) is 5.41 Å². The lowest BCUT2D eigenvalue weighted by atomic mass is 9.88. The quantitative estimate of drug-likeness (QED) is 0.603. The second kappa shape index (κ2) is 5.82. The number of anilines is 1. The molecule has 0 aliphatic heterocycles. The maximum Gasteiger partial charge on any atom is 0.271 e. The molecule has 18 heavy (non-hydrogen) atoms. The minimum Gasteiger partial charge on any atom is -0.396 e. The van der Waals surface area contributed by atoms with Crippen molar-refractivity contribution >= 4 is 11.4 Å². The van der Waals surface area contributed by atoms with Crippen molar-refractivity contribution in [3.05, 3.63) is 33.9 Å². The van der Waals surface area contributed by atoms with Crippen molar-refractivity contribution in [1.82, 2.24) is 0 Å². The lowest BCUT2D eigenvalue weighted by Gasteiger charge is -2.26. The number of benzene rings is 1. The van der Waals surface area contributed by atoms with E-state index in [0.29, 0.717) is 6.54 Å². The minimum absolute atomic E-state index is 0.0744. The Kier molecular flexibility index (Phi) is 4.67. The van der Waals surface area contributed by atoms with Gasteiger partial charge in [0.2, 0.25) is 0 Å². The molecule has 1 aromatic carbocycles. The number of nitrogens with one attached hydrogen (secondary N) is 1. The van der Waals surface area contributed by atoms with Crippen LogP contribution in [0.1, 0.15) is 25.8 Å². The van der Waals surface area contributed by atoms with Crippen LogP contribution < -0.4 is 5.32 Å². The predicted molar refractivity (Wildman–Crippen MR) is 71.8 cm³/mol. The first-order valence-electron chi connectivity index (χ1n) is 6.01. The highest BCUT2D eigenvalue weighted by molar-refractivity contribution is 5.56. The molecule has 0 heterocycles. The third kappa shape index (κ3) is 3.43. The van der Waals surface area contributed by atoms with E-state index in [-0.39, 0.29) is 17.7 Å². The summed E-state index contributed by atoms with van der Waals surface area (Å²) in [5.41, 5.74) is 1.57. The summed E-state index contributed by atoms with van der Waals surface area (Å²) in [5.74, 6) is 0. The third-order valence-electron chi connectivity index (χ3n) is 3.37. The monoisotopic (exact) mass is 252 g/mol. The first-order valence-corrected chi connectivity index (χ1v) is 6.01. The number of non-ortho nitro benzene ring substituents is 1. The van der Waals surface area contributed by atoms with E-state index in [9.17, 15) is 15.2 Å². The van der Waals surface area contributed by atoms with Crippen molar-refractivity contribution in [1.29, 1.82) is 0 Å². The summed E-state index contributed by atoms with van der Waals surface area (Å²) in [6.45, 7) is 6.56. The molecular formula is C13H20N2O3. The molecule has 1 unspecified atom stereocenters. The molecular weight excluding hydrogens is 232 g/mol. The molecule has 1 atom stereocenters. The summed E-state index contributed by atoms with van der Waals surface area (Å²) in [4.78, 5) is 10.3. The smallest absolute Gasteiger partial charge is 0.271 e. The molecule has 0 aliphatic rings. The topological polar surface area (TPSA) is 75.4 Å². The Hall–Kier alpha value is -1.62. The fraction of sp³-hybridized carbons (Fsp3) is 0.538. The number of hydrogen-bond donors (Lipinski definition) is 2. The molecule has 0 saturated carbocycles. The molecule has 0 aliphatic carbocycles. The molecule has 0 aromatic heterocycles. The Morgan fingerprint density at radius 3 is 2.67 bits per heavy atom. The van der Waals surface area contributed by atoms with Crippen LogP contribution in [0.5, 0.6) is 0 Å². The van der Waals surface area contributed by atoms with Crippen molar-refractivity contribution < 1.29 is 10.0 Å². The zero-order chi connectivity index (χ0) is 13.8. The zero-order valence-corrected chi connectivity index (χ0v) is 11.1. The van der Waals surface area contributed by atoms with Crippen LogP contribution in [0, 0.1) is 22.5 Å². The zero-order valence-electron chi connectivity index (χ0n) is 11.1. The van der Waals surface area contributed by atoms with Gasteiger partial charge in [-0.05, 0) is 18.9 Å². The van der Waals surface area contributed by atoms with Gasteiger partial charge >= 0.3 is 0 Å². The SMILES string of the molecule is CCC(C)(CO)CNc1cc([N+](=O)[O-])ccc1C. The summed E-state index contributed by atoms with van der Waals surface area (Å²) in [7, 11) is 0. The van der Waals surface area contributed by atoms with E-state index in [0.717, 1.165) is 17.7 Å².